The van der Waals surface area contributed by atoms with Gasteiger partial charge in [0.05, 0.1) is 22.3 Å². The molecule has 1 aromatic heterocycles. The number of nitrogens with one attached hydrogen (secondary N) is 1. The van der Waals surface area contributed by atoms with E-state index in [1.807, 2.05) is 75.4 Å². The number of para-hydroxylation sites is 2. The topological polar surface area (TPSA) is 64.0 Å². The van der Waals surface area contributed by atoms with Crippen LogP contribution in [0.4, 0.5) is 5.69 Å². The first-order valence-corrected chi connectivity index (χ1v) is 12.0. The summed E-state index contributed by atoms with van der Waals surface area (Å²) in [7, 11) is 0. The van der Waals surface area contributed by atoms with Crippen molar-refractivity contribution in [3.8, 4) is 5.69 Å². The fourth-order valence-corrected chi connectivity index (χ4v) is 4.79. The Morgan fingerprint density at radius 3 is 2.55 bits per heavy atom. The lowest BCUT2D eigenvalue weighted by Gasteiger charge is -2.16. The van der Waals surface area contributed by atoms with Crippen LogP contribution in [0.2, 0.25) is 0 Å². The van der Waals surface area contributed by atoms with Crippen LogP contribution in [0.5, 0.6) is 0 Å². The number of carbonyl (C=O) groups is 1. The van der Waals surface area contributed by atoms with Crippen molar-refractivity contribution >= 4 is 34.3 Å². The molecule has 0 aliphatic heterocycles. The van der Waals surface area contributed by atoms with E-state index in [9.17, 15) is 9.59 Å². The van der Waals surface area contributed by atoms with Crippen LogP contribution in [0.25, 0.3) is 16.6 Å². The lowest BCUT2D eigenvalue weighted by atomic mass is 10.1. The van der Waals surface area contributed by atoms with Gasteiger partial charge in [0.2, 0.25) is 5.91 Å². The van der Waals surface area contributed by atoms with E-state index in [0.29, 0.717) is 16.1 Å². The second-order valence-electron chi connectivity index (χ2n) is 8.14. The number of aromatic nitrogens is 2. The van der Waals surface area contributed by atoms with Crippen molar-refractivity contribution in [2.75, 3.05) is 11.1 Å². The van der Waals surface area contributed by atoms with E-state index in [4.69, 9.17) is 4.98 Å². The predicted molar refractivity (Wildman–Crippen MR) is 137 cm³/mol. The Morgan fingerprint density at radius 1 is 1.00 bits per heavy atom. The fraction of sp³-hybridized carbons (Fsp3) is 0.222. The predicted octanol–water partition coefficient (Wildman–Crippen LogP) is 5.60. The van der Waals surface area contributed by atoms with Gasteiger partial charge in [0.1, 0.15) is 0 Å². The zero-order valence-corrected chi connectivity index (χ0v) is 20.1. The number of benzene rings is 3. The molecular weight excluding hydrogens is 430 g/mol. The highest BCUT2D eigenvalue weighted by atomic mass is 32.2. The quantitative estimate of drug-likeness (QED) is 0.302. The molecule has 0 aliphatic rings. The number of hydrogen-bond acceptors (Lipinski definition) is 4. The Bertz CT molecular complexity index is 1410. The van der Waals surface area contributed by atoms with Crippen LogP contribution in [-0.4, -0.2) is 21.2 Å². The number of thioether (sulfide) groups is 1. The number of anilines is 1. The average Bonchev–Trinajstić information content (AvgIpc) is 2.80. The summed E-state index contributed by atoms with van der Waals surface area (Å²) in [4.78, 5) is 31.1. The Morgan fingerprint density at radius 2 is 1.79 bits per heavy atom. The summed E-state index contributed by atoms with van der Waals surface area (Å²) in [5, 5.41) is 4.11. The summed E-state index contributed by atoms with van der Waals surface area (Å²) in [6.07, 6.45) is 0.836. The van der Waals surface area contributed by atoms with Crippen LogP contribution in [0, 0.1) is 20.8 Å². The lowest BCUT2D eigenvalue weighted by molar-refractivity contribution is -0.113. The largest absolute Gasteiger partial charge is 0.325 e. The molecule has 4 rings (SSSR count). The molecule has 0 saturated heterocycles. The Balaban J connectivity index is 1.70. The molecule has 0 unspecified atom stereocenters. The van der Waals surface area contributed by atoms with Crippen LogP contribution < -0.4 is 10.9 Å². The Labute approximate surface area is 197 Å². The SMILES string of the molecule is CCc1cccc(C)c1NC(=O)CSc1nc2ccccc2c(=O)n1-c1ccc(C)cc1C. The highest BCUT2D eigenvalue weighted by Crippen LogP contribution is 2.25. The molecule has 0 saturated carbocycles. The van der Waals surface area contributed by atoms with E-state index in [0.717, 1.165) is 40.0 Å². The Kier molecular flexibility index (Phi) is 6.65. The number of carbonyl (C=O) groups excluding carboxylic acids is 1. The zero-order chi connectivity index (χ0) is 23.5. The van der Waals surface area contributed by atoms with Crippen LogP contribution in [0.15, 0.2) is 70.6 Å². The molecule has 0 atom stereocenters. The van der Waals surface area contributed by atoms with Crippen molar-refractivity contribution in [2.45, 2.75) is 39.3 Å². The lowest BCUT2D eigenvalue weighted by Crippen LogP contribution is -2.23. The van der Waals surface area contributed by atoms with Gasteiger partial charge in [-0.25, -0.2) is 4.98 Å². The molecule has 1 N–H and O–H groups in total. The van der Waals surface area contributed by atoms with Gasteiger partial charge in [-0.05, 0) is 62.1 Å². The summed E-state index contributed by atoms with van der Waals surface area (Å²) in [5.41, 5.74) is 6.36. The maximum atomic E-state index is 13.5. The second kappa shape index (κ2) is 9.63. The minimum absolute atomic E-state index is 0.126. The highest BCUT2D eigenvalue weighted by molar-refractivity contribution is 7.99. The molecule has 0 fully saturated rings. The molecule has 168 valence electrons. The maximum Gasteiger partial charge on any atom is 0.266 e. The number of rotatable bonds is 6. The molecule has 3 aromatic carbocycles. The first-order chi connectivity index (χ1) is 15.9. The summed E-state index contributed by atoms with van der Waals surface area (Å²) in [6.45, 7) is 8.06. The minimum atomic E-state index is -0.136. The van der Waals surface area contributed by atoms with Crippen molar-refractivity contribution in [2.24, 2.45) is 0 Å². The van der Waals surface area contributed by atoms with Crippen molar-refractivity contribution < 1.29 is 4.79 Å². The normalized spacial score (nSPS) is 11.0. The van der Waals surface area contributed by atoms with E-state index in [-0.39, 0.29) is 17.2 Å². The summed E-state index contributed by atoms with van der Waals surface area (Å²) < 4.78 is 1.63. The number of hydrogen-bond donors (Lipinski definition) is 1. The molecule has 0 radical (unpaired) electrons. The molecule has 1 amide bonds. The van der Waals surface area contributed by atoms with Gasteiger partial charge in [-0.15, -0.1) is 0 Å². The summed E-state index contributed by atoms with van der Waals surface area (Å²) in [5.74, 6) is 0.0197. The van der Waals surface area contributed by atoms with Crippen molar-refractivity contribution in [3.63, 3.8) is 0 Å². The number of aryl methyl sites for hydroxylation is 4. The van der Waals surface area contributed by atoms with Crippen LogP contribution >= 0.6 is 11.8 Å². The monoisotopic (exact) mass is 457 g/mol. The third-order valence-electron chi connectivity index (χ3n) is 5.67. The molecular formula is C27H27N3O2S. The Hall–Kier alpha value is -3.38. The third-order valence-corrected chi connectivity index (χ3v) is 6.61. The van der Waals surface area contributed by atoms with Crippen molar-refractivity contribution in [3.05, 3.63) is 93.3 Å². The van der Waals surface area contributed by atoms with Crippen molar-refractivity contribution in [1.29, 1.82) is 0 Å². The van der Waals surface area contributed by atoms with Gasteiger partial charge >= 0.3 is 0 Å². The highest BCUT2D eigenvalue weighted by Gasteiger charge is 2.17. The van der Waals surface area contributed by atoms with E-state index in [2.05, 4.69) is 12.2 Å². The van der Waals surface area contributed by atoms with Gasteiger partial charge in [-0.1, -0.05) is 66.7 Å². The number of nitrogens with zero attached hydrogens (tertiary/aromatic N) is 2. The molecule has 0 bridgehead atoms. The van der Waals surface area contributed by atoms with Crippen LogP contribution in [0.3, 0.4) is 0 Å². The van der Waals surface area contributed by atoms with Gasteiger partial charge in [-0.2, -0.15) is 0 Å². The number of fused-ring (bicyclic) bond motifs is 1. The van der Waals surface area contributed by atoms with Gasteiger partial charge < -0.3 is 5.32 Å². The summed E-state index contributed by atoms with van der Waals surface area (Å²) in [6, 6.07) is 19.3. The first-order valence-electron chi connectivity index (χ1n) is 11.0. The molecule has 4 aromatic rings. The number of amides is 1. The average molecular weight is 458 g/mol. The van der Waals surface area contributed by atoms with E-state index < -0.39 is 0 Å². The third kappa shape index (κ3) is 4.71. The van der Waals surface area contributed by atoms with Gasteiger partial charge in [0.15, 0.2) is 5.16 Å². The molecule has 1 heterocycles. The first kappa shape index (κ1) is 22.8. The van der Waals surface area contributed by atoms with Crippen molar-refractivity contribution in [1.82, 2.24) is 9.55 Å². The van der Waals surface area contributed by atoms with Crippen LogP contribution in [0.1, 0.15) is 29.2 Å². The molecule has 5 nitrogen and oxygen atoms in total. The van der Waals surface area contributed by atoms with Crippen LogP contribution in [-0.2, 0) is 11.2 Å². The molecule has 0 spiro atoms. The molecule has 0 aliphatic carbocycles. The zero-order valence-electron chi connectivity index (χ0n) is 19.3. The summed E-state index contributed by atoms with van der Waals surface area (Å²) >= 11 is 1.27. The molecule has 6 heteroatoms. The fourth-order valence-electron chi connectivity index (χ4n) is 3.99. The minimum Gasteiger partial charge on any atom is -0.325 e. The smallest absolute Gasteiger partial charge is 0.266 e. The second-order valence-corrected chi connectivity index (χ2v) is 9.08. The molecule has 33 heavy (non-hydrogen) atoms. The van der Waals surface area contributed by atoms with Gasteiger partial charge in [0.25, 0.3) is 5.56 Å². The maximum absolute atomic E-state index is 13.5. The van der Waals surface area contributed by atoms with Gasteiger partial charge in [-0.3, -0.25) is 14.2 Å². The standard InChI is InChI=1S/C27H27N3O2S/c1-5-20-10-8-9-18(3)25(20)29-24(31)16-33-27-28-22-12-7-6-11-21(22)26(32)30(27)23-14-13-17(2)15-19(23)4/h6-15H,5,16H2,1-4H3,(H,29,31). The van der Waals surface area contributed by atoms with E-state index >= 15 is 0 Å². The van der Waals surface area contributed by atoms with E-state index in [1.165, 1.54) is 11.8 Å². The van der Waals surface area contributed by atoms with E-state index in [1.54, 1.807) is 10.6 Å². The van der Waals surface area contributed by atoms with Gasteiger partial charge in [0, 0.05) is 5.69 Å².